The molecule has 0 aliphatic heterocycles. The molecule has 0 spiro atoms. The van der Waals surface area contributed by atoms with E-state index in [0.717, 1.165) is 11.1 Å². The second-order valence-electron chi connectivity index (χ2n) is 5.91. The zero-order chi connectivity index (χ0) is 18.4. The van der Waals surface area contributed by atoms with Gasteiger partial charge in [0.1, 0.15) is 0 Å². The van der Waals surface area contributed by atoms with Crippen LogP contribution in [0.3, 0.4) is 0 Å². The number of amides is 1. The molecule has 0 aliphatic carbocycles. The highest BCUT2D eigenvalue weighted by atomic mass is 32.2. The molecule has 8 heteroatoms. The number of hydrogen-bond acceptors (Lipinski definition) is 5. The molecule has 0 atom stereocenters. The molecule has 0 saturated carbocycles. The van der Waals surface area contributed by atoms with Crippen LogP contribution in [-0.4, -0.2) is 40.2 Å². The number of hydroxylamine groups is 1. The number of hydrogen-bond donors (Lipinski definition) is 3. The smallest absolute Gasteiger partial charge is 0.243 e. The van der Waals surface area contributed by atoms with Crippen molar-refractivity contribution in [1.29, 1.82) is 0 Å². The summed E-state index contributed by atoms with van der Waals surface area (Å²) in [4.78, 5) is 13.1. The van der Waals surface area contributed by atoms with Gasteiger partial charge in [0.25, 0.3) is 0 Å². The van der Waals surface area contributed by atoms with Crippen molar-refractivity contribution in [3.8, 4) is 0 Å². The van der Waals surface area contributed by atoms with E-state index in [9.17, 15) is 13.2 Å². The first-order chi connectivity index (χ1) is 11.9. The van der Waals surface area contributed by atoms with Gasteiger partial charge in [0, 0.05) is 43.5 Å². The lowest BCUT2D eigenvalue weighted by atomic mass is 10.1. The molecule has 0 aromatic heterocycles. The number of nitrogens with zero attached hydrogens (tertiary/aromatic N) is 1. The van der Waals surface area contributed by atoms with Gasteiger partial charge >= 0.3 is 0 Å². The molecule has 0 radical (unpaired) electrons. The molecule has 2 aromatic rings. The number of carbonyl (C=O) groups excluding carboxylic acids is 1. The van der Waals surface area contributed by atoms with Crippen LogP contribution >= 0.6 is 0 Å². The van der Waals surface area contributed by atoms with Gasteiger partial charge in [0.15, 0.2) is 0 Å². The van der Waals surface area contributed by atoms with Gasteiger partial charge in [0.05, 0.1) is 4.90 Å². The van der Waals surface area contributed by atoms with Crippen LogP contribution in [0.1, 0.15) is 19.3 Å². The zero-order valence-electron chi connectivity index (χ0n) is 14.3. The number of benzene rings is 2. The maximum atomic E-state index is 12.6. The molecule has 2 aromatic carbocycles. The van der Waals surface area contributed by atoms with Gasteiger partial charge in [0.2, 0.25) is 15.9 Å². The van der Waals surface area contributed by atoms with Gasteiger partial charge in [-0.2, -0.15) is 0 Å². The first-order valence-electron chi connectivity index (χ1n) is 7.98. The van der Waals surface area contributed by atoms with Crippen molar-refractivity contribution in [3.63, 3.8) is 0 Å². The fourth-order valence-corrected chi connectivity index (χ4v) is 3.93. The Morgan fingerprint density at radius 3 is 2.44 bits per heavy atom. The summed E-state index contributed by atoms with van der Waals surface area (Å²) in [5.41, 5.74) is 2.50. The Morgan fingerprint density at radius 1 is 1.08 bits per heavy atom. The number of carbonyl (C=O) groups is 1. The molecular formula is C17H23N3O4S. The maximum Gasteiger partial charge on any atom is 0.243 e. The Bertz CT molecular complexity index is 850. The normalized spacial score (nSPS) is 11.5. The van der Waals surface area contributed by atoms with E-state index in [0.29, 0.717) is 18.2 Å². The van der Waals surface area contributed by atoms with E-state index in [-0.39, 0.29) is 17.9 Å². The van der Waals surface area contributed by atoms with Gasteiger partial charge in [-0.15, -0.1) is 0 Å². The Labute approximate surface area is 147 Å². The fourth-order valence-electron chi connectivity index (χ4n) is 2.64. The zero-order valence-corrected chi connectivity index (χ0v) is 15.1. The van der Waals surface area contributed by atoms with Crippen molar-refractivity contribution in [2.75, 3.05) is 25.5 Å². The highest BCUT2D eigenvalue weighted by Gasteiger charge is 2.18. The number of unbranched alkanes of at least 4 members (excludes halogenated alkanes) is 1. The van der Waals surface area contributed by atoms with E-state index in [1.807, 2.05) is 37.2 Å². The largest absolute Gasteiger partial charge is 0.377 e. The van der Waals surface area contributed by atoms with Crippen molar-refractivity contribution < 1.29 is 18.4 Å². The highest BCUT2D eigenvalue weighted by Crippen LogP contribution is 2.30. The summed E-state index contributed by atoms with van der Waals surface area (Å²) >= 11 is 0. The molecule has 0 heterocycles. The van der Waals surface area contributed by atoms with E-state index < -0.39 is 15.9 Å². The average Bonchev–Trinajstić information content (AvgIpc) is 2.59. The number of fused-ring (bicyclic) bond motifs is 1. The summed E-state index contributed by atoms with van der Waals surface area (Å²) in [7, 11) is 0.173. The van der Waals surface area contributed by atoms with Crippen LogP contribution in [0.25, 0.3) is 10.8 Å². The van der Waals surface area contributed by atoms with Crippen molar-refractivity contribution in [3.05, 3.63) is 36.4 Å². The third kappa shape index (κ3) is 4.68. The molecule has 0 bridgehead atoms. The van der Waals surface area contributed by atoms with Crippen LogP contribution < -0.4 is 15.1 Å². The van der Waals surface area contributed by atoms with E-state index in [1.165, 1.54) is 0 Å². The lowest BCUT2D eigenvalue weighted by Crippen LogP contribution is -2.25. The van der Waals surface area contributed by atoms with Gasteiger partial charge in [-0.3, -0.25) is 10.0 Å². The summed E-state index contributed by atoms with van der Waals surface area (Å²) in [5, 5.41) is 9.95. The molecule has 0 saturated heterocycles. The average molecular weight is 365 g/mol. The van der Waals surface area contributed by atoms with E-state index in [1.54, 1.807) is 23.7 Å². The minimum Gasteiger partial charge on any atom is -0.377 e. The van der Waals surface area contributed by atoms with E-state index in [4.69, 9.17) is 5.21 Å². The second kappa shape index (κ2) is 8.28. The second-order valence-corrected chi connectivity index (χ2v) is 7.65. The van der Waals surface area contributed by atoms with Crippen molar-refractivity contribution in [1.82, 2.24) is 10.2 Å². The lowest BCUT2D eigenvalue weighted by molar-refractivity contribution is -0.129. The summed E-state index contributed by atoms with van der Waals surface area (Å²) in [6, 6.07) is 10.8. The summed E-state index contributed by atoms with van der Waals surface area (Å²) in [6.07, 6.45) is 1.13. The first kappa shape index (κ1) is 19.2. The maximum absolute atomic E-state index is 12.6. The number of anilines is 1. The van der Waals surface area contributed by atoms with Gasteiger partial charge < -0.3 is 4.90 Å². The molecule has 25 heavy (non-hydrogen) atoms. The standard InChI is InChI=1S/C17H23N3O4S/c1-20(2)15-9-5-8-14-13(15)7-6-10-16(14)25(23,24)18-12-4-3-11-17(21)19-22/h5-10,18,22H,3-4,11-12H2,1-2H3,(H,19,21). The van der Waals surface area contributed by atoms with Crippen molar-refractivity contribution in [2.24, 2.45) is 0 Å². The summed E-state index contributed by atoms with van der Waals surface area (Å²) in [6.45, 7) is 0.227. The molecule has 7 nitrogen and oxygen atoms in total. The number of nitrogens with one attached hydrogen (secondary N) is 2. The predicted octanol–water partition coefficient (Wildman–Crippen LogP) is 1.86. The molecular weight excluding hydrogens is 342 g/mol. The lowest BCUT2D eigenvalue weighted by Gasteiger charge is -2.17. The summed E-state index contributed by atoms with van der Waals surface area (Å²) in [5.74, 6) is -0.479. The topological polar surface area (TPSA) is 98.7 Å². The Morgan fingerprint density at radius 2 is 1.76 bits per heavy atom. The van der Waals surface area contributed by atoms with Gasteiger partial charge in [-0.25, -0.2) is 18.6 Å². The minimum absolute atomic E-state index is 0.151. The molecule has 3 N–H and O–H groups in total. The van der Waals surface area contributed by atoms with E-state index in [2.05, 4.69) is 4.72 Å². The first-order valence-corrected chi connectivity index (χ1v) is 9.47. The fraction of sp³-hybridized carbons (Fsp3) is 0.353. The molecule has 0 unspecified atom stereocenters. The van der Waals surface area contributed by atoms with Gasteiger partial charge in [-0.1, -0.05) is 24.3 Å². The third-order valence-electron chi connectivity index (χ3n) is 3.88. The van der Waals surface area contributed by atoms with Crippen LogP contribution in [0.15, 0.2) is 41.3 Å². The monoisotopic (exact) mass is 365 g/mol. The molecule has 0 aliphatic rings. The molecule has 136 valence electrons. The van der Waals surface area contributed by atoms with Crippen LogP contribution in [0, 0.1) is 0 Å². The molecule has 0 fully saturated rings. The Kier molecular flexibility index (Phi) is 6.35. The Hall–Kier alpha value is -2.16. The number of sulfonamides is 1. The predicted molar refractivity (Wildman–Crippen MR) is 97.2 cm³/mol. The van der Waals surface area contributed by atoms with Crippen molar-refractivity contribution in [2.45, 2.75) is 24.2 Å². The highest BCUT2D eigenvalue weighted by molar-refractivity contribution is 7.89. The molecule has 2 rings (SSSR count). The van der Waals surface area contributed by atoms with Gasteiger partial charge in [-0.05, 0) is 25.0 Å². The Balaban J connectivity index is 2.17. The minimum atomic E-state index is -3.65. The van der Waals surface area contributed by atoms with Crippen LogP contribution in [0.4, 0.5) is 5.69 Å². The van der Waals surface area contributed by atoms with Crippen LogP contribution in [0.5, 0.6) is 0 Å². The van der Waals surface area contributed by atoms with Crippen LogP contribution in [0.2, 0.25) is 0 Å². The number of rotatable bonds is 8. The third-order valence-corrected chi connectivity index (χ3v) is 5.40. The molecule has 1 amide bonds. The van der Waals surface area contributed by atoms with E-state index >= 15 is 0 Å². The van der Waals surface area contributed by atoms with Crippen LogP contribution in [-0.2, 0) is 14.8 Å². The summed E-state index contributed by atoms with van der Waals surface area (Å²) < 4.78 is 27.8. The SMILES string of the molecule is CN(C)c1cccc2c(S(=O)(=O)NCCCCC(=O)NO)cccc12. The van der Waals surface area contributed by atoms with Crippen molar-refractivity contribution >= 4 is 32.4 Å². The quantitative estimate of drug-likeness (QED) is 0.377.